The van der Waals surface area contributed by atoms with Gasteiger partial charge in [0.05, 0.1) is 6.54 Å². The zero-order valence-electron chi connectivity index (χ0n) is 11.4. The maximum Gasteiger partial charge on any atom is 0.231 e. The summed E-state index contributed by atoms with van der Waals surface area (Å²) in [7, 11) is 0. The molecule has 0 unspecified atom stereocenters. The number of hydrogen-bond donors (Lipinski definition) is 3. The number of primary amides is 1. The molecule has 0 radical (unpaired) electrons. The van der Waals surface area contributed by atoms with Crippen LogP contribution in [0.25, 0.3) is 0 Å². The van der Waals surface area contributed by atoms with Crippen LogP contribution in [0.4, 0.5) is 0 Å². The maximum atomic E-state index is 11.7. The second kappa shape index (κ2) is 6.86. The highest BCUT2D eigenvalue weighted by Crippen LogP contribution is 2.18. The molecule has 0 atom stereocenters. The summed E-state index contributed by atoms with van der Waals surface area (Å²) in [6.07, 6.45) is 4.68. The van der Waals surface area contributed by atoms with Crippen LogP contribution in [0.1, 0.15) is 32.1 Å². The van der Waals surface area contributed by atoms with Gasteiger partial charge in [-0.2, -0.15) is 0 Å². The fourth-order valence-corrected chi connectivity index (χ4v) is 2.54. The van der Waals surface area contributed by atoms with E-state index in [1.54, 1.807) is 0 Å². The number of nitrogens with zero attached hydrogens (tertiary/aromatic N) is 1. The molecule has 1 saturated carbocycles. The van der Waals surface area contributed by atoms with Crippen molar-refractivity contribution >= 4 is 11.8 Å². The minimum absolute atomic E-state index is 0.0888. The predicted octanol–water partition coefficient (Wildman–Crippen LogP) is -0.806. The van der Waals surface area contributed by atoms with E-state index in [1.807, 2.05) is 0 Å². The molecule has 1 heterocycles. The molecule has 19 heavy (non-hydrogen) atoms. The first-order chi connectivity index (χ1) is 9.15. The van der Waals surface area contributed by atoms with Gasteiger partial charge in [0, 0.05) is 25.0 Å². The van der Waals surface area contributed by atoms with E-state index >= 15 is 0 Å². The summed E-state index contributed by atoms with van der Waals surface area (Å²) in [6.45, 7) is 2.80. The monoisotopic (exact) mass is 268 g/mol. The van der Waals surface area contributed by atoms with Crippen LogP contribution in [0, 0.1) is 0 Å². The third kappa shape index (κ3) is 5.16. The Bertz CT molecular complexity index is 325. The largest absolute Gasteiger partial charge is 0.369 e. The quantitative estimate of drug-likeness (QED) is 0.564. The second-order valence-electron chi connectivity index (χ2n) is 5.51. The molecule has 0 spiro atoms. The van der Waals surface area contributed by atoms with Crippen LogP contribution in [0.2, 0.25) is 0 Å². The molecule has 2 aliphatic rings. The van der Waals surface area contributed by atoms with Gasteiger partial charge in [-0.15, -0.1) is 0 Å². The molecule has 108 valence electrons. The van der Waals surface area contributed by atoms with Gasteiger partial charge in [-0.3, -0.25) is 14.5 Å². The number of carbonyl (C=O) groups excluding carboxylic acids is 2. The highest BCUT2D eigenvalue weighted by molar-refractivity contribution is 5.77. The lowest BCUT2D eigenvalue weighted by Gasteiger charge is -2.33. The van der Waals surface area contributed by atoms with E-state index in [0.29, 0.717) is 25.0 Å². The summed E-state index contributed by atoms with van der Waals surface area (Å²) in [6, 6.07) is 0.762. The van der Waals surface area contributed by atoms with Crippen LogP contribution < -0.4 is 16.4 Å². The molecule has 4 N–H and O–H groups in total. The molecular formula is C13H24N4O2. The van der Waals surface area contributed by atoms with Gasteiger partial charge in [0.2, 0.25) is 11.8 Å². The molecule has 0 bridgehead atoms. The number of carbonyl (C=O) groups is 2. The number of rotatable bonds is 7. The average molecular weight is 268 g/mol. The normalized spacial score (nSPS) is 20.5. The first kappa shape index (κ1) is 14.3. The van der Waals surface area contributed by atoms with Gasteiger partial charge in [0.15, 0.2) is 0 Å². The highest BCUT2D eigenvalue weighted by atomic mass is 16.2. The summed E-state index contributed by atoms with van der Waals surface area (Å²) >= 11 is 0. The van der Waals surface area contributed by atoms with Crippen molar-refractivity contribution in [3.05, 3.63) is 0 Å². The molecule has 0 aromatic carbocycles. The molecule has 0 aromatic rings. The molecular weight excluding hydrogens is 244 g/mol. The molecule has 2 rings (SSSR count). The van der Waals surface area contributed by atoms with E-state index < -0.39 is 0 Å². The fraction of sp³-hybridized carbons (Fsp3) is 0.846. The molecule has 2 amide bonds. The molecule has 0 aromatic heterocycles. The third-order valence-electron chi connectivity index (χ3n) is 3.75. The minimum Gasteiger partial charge on any atom is -0.369 e. The third-order valence-corrected chi connectivity index (χ3v) is 3.75. The van der Waals surface area contributed by atoms with Gasteiger partial charge in [0.1, 0.15) is 0 Å². The molecule has 1 aliphatic carbocycles. The summed E-state index contributed by atoms with van der Waals surface area (Å²) < 4.78 is 0. The number of nitrogens with one attached hydrogen (secondary N) is 2. The van der Waals surface area contributed by atoms with Crippen molar-refractivity contribution in [1.82, 2.24) is 15.5 Å². The first-order valence-corrected chi connectivity index (χ1v) is 7.17. The van der Waals surface area contributed by atoms with Crippen molar-refractivity contribution in [1.29, 1.82) is 0 Å². The molecule has 6 heteroatoms. The van der Waals surface area contributed by atoms with Crippen molar-refractivity contribution in [2.24, 2.45) is 5.73 Å². The first-order valence-electron chi connectivity index (χ1n) is 7.17. The lowest BCUT2D eigenvalue weighted by atomic mass is 10.0. The highest BCUT2D eigenvalue weighted by Gasteiger charge is 2.25. The van der Waals surface area contributed by atoms with Gasteiger partial charge in [0.25, 0.3) is 0 Å². The van der Waals surface area contributed by atoms with Crippen molar-refractivity contribution in [3.8, 4) is 0 Å². The van der Waals surface area contributed by atoms with Crippen LogP contribution >= 0.6 is 0 Å². The lowest BCUT2D eigenvalue weighted by Crippen LogP contribution is -2.47. The Hall–Kier alpha value is -1.14. The van der Waals surface area contributed by atoms with Crippen LogP contribution in [-0.4, -0.2) is 55.0 Å². The van der Waals surface area contributed by atoms with Crippen molar-refractivity contribution in [3.63, 3.8) is 0 Å². The smallest absolute Gasteiger partial charge is 0.231 e. The van der Waals surface area contributed by atoms with Crippen LogP contribution in [-0.2, 0) is 9.59 Å². The minimum atomic E-state index is -0.318. The standard InChI is InChI=1S/C13H24N4O2/c14-12(18)9-17(11-3-6-15-7-4-11)8-5-13(19)16-10-1-2-10/h10-11,15H,1-9H2,(H2,14,18)(H,16,19). The SMILES string of the molecule is NC(=O)CN(CCC(=O)NC1CC1)C1CCNCC1. The van der Waals surface area contributed by atoms with E-state index in [1.165, 1.54) is 0 Å². The van der Waals surface area contributed by atoms with E-state index in [2.05, 4.69) is 15.5 Å². The van der Waals surface area contributed by atoms with Gasteiger partial charge in [-0.05, 0) is 38.8 Å². The van der Waals surface area contributed by atoms with E-state index in [9.17, 15) is 9.59 Å². The maximum absolute atomic E-state index is 11.7. The van der Waals surface area contributed by atoms with Crippen LogP contribution in [0.3, 0.4) is 0 Å². The Morgan fingerprint density at radius 1 is 1.21 bits per heavy atom. The number of hydrogen-bond acceptors (Lipinski definition) is 4. The molecule has 2 fully saturated rings. The van der Waals surface area contributed by atoms with Crippen molar-refractivity contribution in [2.75, 3.05) is 26.2 Å². The summed E-state index contributed by atoms with van der Waals surface area (Å²) in [5.41, 5.74) is 5.30. The van der Waals surface area contributed by atoms with Gasteiger partial charge < -0.3 is 16.4 Å². The topological polar surface area (TPSA) is 87.5 Å². The zero-order valence-corrected chi connectivity index (χ0v) is 11.4. The zero-order chi connectivity index (χ0) is 13.7. The number of amides is 2. The predicted molar refractivity (Wildman–Crippen MR) is 72.4 cm³/mol. The fourth-order valence-electron chi connectivity index (χ4n) is 2.54. The van der Waals surface area contributed by atoms with Gasteiger partial charge in [-0.1, -0.05) is 0 Å². The Labute approximate surface area is 114 Å². The summed E-state index contributed by atoms with van der Waals surface area (Å²) in [5.74, 6) is -0.230. The second-order valence-corrected chi connectivity index (χ2v) is 5.51. The van der Waals surface area contributed by atoms with E-state index in [4.69, 9.17) is 5.73 Å². The Balaban J connectivity index is 1.77. The lowest BCUT2D eigenvalue weighted by molar-refractivity contribution is -0.123. The number of piperidine rings is 1. The summed E-state index contributed by atoms with van der Waals surface area (Å²) in [5, 5.41) is 6.27. The Kier molecular flexibility index (Phi) is 5.15. The van der Waals surface area contributed by atoms with E-state index in [-0.39, 0.29) is 18.4 Å². The van der Waals surface area contributed by atoms with E-state index in [0.717, 1.165) is 38.8 Å². The Morgan fingerprint density at radius 3 is 2.47 bits per heavy atom. The van der Waals surface area contributed by atoms with Gasteiger partial charge >= 0.3 is 0 Å². The summed E-state index contributed by atoms with van der Waals surface area (Å²) in [4.78, 5) is 24.9. The van der Waals surface area contributed by atoms with Crippen LogP contribution in [0.5, 0.6) is 0 Å². The van der Waals surface area contributed by atoms with Crippen LogP contribution in [0.15, 0.2) is 0 Å². The molecule has 1 aliphatic heterocycles. The van der Waals surface area contributed by atoms with Gasteiger partial charge in [-0.25, -0.2) is 0 Å². The molecule has 6 nitrogen and oxygen atoms in total. The Morgan fingerprint density at radius 2 is 1.89 bits per heavy atom. The van der Waals surface area contributed by atoms with Crippen molar-refractivity contribution < 1.29 is 9.59 Å². The van der Waals surface area contributed by atoms with Crippen molar-refractivity contribution in [2.45, 2.75) is 44.2 Å². The average Bonchev–Trinajstić information content (AvgIpc) is 3.19. The molecule has 1 saturated heterocycles. The number of nitrogens with two attached hydrogens (primary N) is 1.